The minimum Gasteiger partial charge on any atom is -0.376 e. The maximum atomic E-state index is 5.78. The van der Waals surface area contributed by atoms with E-state index in [2.05, 4.69) is 67.0 Å². The average molecular weight is 299 g/mol. The number of halogens is 1. The maximum Gasteiger partial charge on any atom is 0.0598 e. The zero-order valence-corrected chi connectivity index (χ0v) is 12.7. The Morgan fingerprint density at radius 1 is 1.18 bits per heavy atom. The third-order valence-electron chi connectivity index (χ3n) is 2.65. The average Bonchev–Trinajstić information content (AvgIpc) is 2.27. The molecule has 0 fully saturated rings. The van der Waals surface area contributed by atoms with Gasteiger partial charge < -0.3 is 4.74 Å². The number of rotatable bonds is 6. The second-order valence-electron chi connectivity index (χ2n) is 5.46. The molecule has 0 radical (unpaired) electrons. The first kappa shape index (κ1) is 14.7. The minimum absolute atomic E-state index is 0.0242. The van der Waals surface area contributed by atoms with E-state index < -0.39 is 0 Å². The lowest BCUT2D eigenvalue weighted by Crippen LogP contribution is -2.21. The Balaban J connectivity index is 2.34. The lowest BCUT2D eigenvalue weighted by molar-refractivity contribution is -0.00821. The highest BCUT2D eigenvalue weighted by molar-refractivity contribution is 9.09. The first-order valence-electron chi connectivity index (χ1n) is 6.25. The Bertz CT molecular complexity index is 302. The van der Waals surface area contributed by atoms with Crippen molar-refractivity contribution in [2.45, 2.75) is 39.2 Å². The molecule has 1 aromatic carbocycles. The van der Waals surface area contributed by atoms with Gasteiger partial charge in [-0.3, -0.25) is 0 Å². The van der Waals surface area contributed by atoms with Crippen molar-refractivity contribution in [2.24, 2.45) is 5.92 Å². The van der Waals surface area contributed by atoms with Gasteiger partial charge in [-0.2, -0.15) is 0 Å². The zero-order chi connectivity index (χ0) is 12.7. The van der Waals surface area contributed by atoms with Crippen molar-refractivity contribution in [3.8, 4) is 0 Å². The SMILES string of the molecule is CC(C)(C)OCCC(CBr)Cc1ccccc1. The van der Waals surface area contributed by atoms with E-state index in [9.17, 15) is 0 Å². The molecule has 0 saturated heterocycles. The standard InChI is InChI=1S/C15H23BrO/c1-15(2,3)17-10-9-14(12-16)11-13-7-5-4-6-8-13/h4-8,14H,9-12H2,1-3H3. The van der Waals surface area contributed by atoms with Crippen LogP contribution in [0.1, 0.15) is 32.8 Å². The molecule has 1 rings (SSSR count). The first-order chi connectivity index (χ1) is 8.01. The molecule has 0 aromatic heterocycles. The van der Waals surface area contributed by atoms with Gasteiger partial charge in [-0.25, -0.2) is 0 Å². The molecule has 0 N–H and O–H groups in total. The molecule has 0 amide bonds. The van der Waals surface area contributed by atoms with Crippen molar-refractivity contribution in [3.05, 3.63) is 35.9 Å². The highest BCUT2D eigenvalue weighted by Crippen LogP contribution is 2.16. The van der Waals surface area contributed by atoms with Crippen molar-refractivity contribution < 1.29 is 4.74 Å². The summed E-state index contributed by atoms with van der Waals surface area (Å²) in [7, 11) is 0. The van der Waals surface area contributed by atoms with E-state index in [1.807, 2.05) is 0 Å². The summed E-state index contributed by atoms with van der Waals surface area (Å²) >= 11 is 3.60. The molecule has 1 atom stereocenters. The summed E-state index contributed by atoms with van der Waals surface area (Å²) in [4.78, 5) is 0. The van der Waals surface area contributed by atoms with E-state index in [0.717, 1.165) is 24.8 Å². The predicted molar refractivity (Wildman–Crippen MR) is 77.8 cm³/mol. The van der Waals surface area contributed by atoms with Gasteiger partial charge in [0.05, 0.1) is 5.60 Å². The Kier molecular flexibility index (Phi) is 6.21. The van der Waals surface area contributed by atoms with Crippen LogP contribution in [0.3, 0.4) is 0 Å². The summed E-state index contributed by atoms with van der Waals surface area (Å²) in [5.41, 5.74) is 1.39. The van der Waals surface area contributed by atoms with Crippen molar-refractivity contribution in [2.75, 3.05) is 11.9 Å². The molecule has 0 saturated carbocycles. The maximum absolute atomic E-state index is 5.78. The number of alkyl halides is 1. The third kappa shape index (κ3) is 6.85. The summed E-state index contributed by atoms with van der Waals surface area (Å²) in [6.07, 6.45) is 2.23. The van der Waals surface area contributed by atoms with Crippen LogP contribution >= 0.6 is 15.9 Å². The van der Waals surface area contributed by atoms with Crippen LogP contribution in [0.25, 0.3) is 0 Å². The van der Waals surface area contributed by atoms with Crippen molar-refractivity contribution >= 4 is 15.9 Å². The van der Waals surface area contributed by atoms with E-state index in [4.69, 9.17) is 4.74 Å². The molecular weight excluding hydrogens is 276 g/mol. The molecule has 0 aliphatic carbocycles. The van der Waals surface area contributed by atoms with Crippen LogP contribution in [0.4, 0.5) is 0 Å². The highest BCUT2D eigenvalue weighted by Gasteiger charge is 2.13. The van der Waals surface area contributed by atoms with Crippen LogP contribution in [0.5, 0.6) is 0 Å². The van der Waals surface area contributed by atoms with E-state index >= 15 is 0 Å². The highest BCUT2D eigenvalue weighted by atomic mass is 79.9. The molecule has 0 aliphatic rings. The van der Waals surface area contributed by atoms with Crippen LogP contribution in [-0.2, 0) is 11.2 Å². The first-order valence-corrected chi connectivity index (χ1v) is 7.37. The van der Waals surface area contributed by atoms with Crippen LogP contribution < -0.4 is 0 Å². The molecule has 17 heavy (non-hydrogen) atoms. The molecule has 0 spiro atoms. The van der Waals surface area contributed by atoms with Gasteiger partial charge in [0, 0.05) is 11.9 Å². The van der Waals surface area contributed by atoms with Gasteiger partial charge in [0.25, 0.3) is 0 Å². The van der Waals surface area contributed by atoms with E-state index in [-0.39, 0.29) is 5.60 Å². The van der Waals surface area contributed by atoms with Crippen molar-refractivity contribution in [3.63, 3.8) is 0 Å². The fourth-order valence-electron chi connectivity index (χ4n) is 1.71. The van der Waals surface area contributed by atoms with Crippen LogP contribution in [0.2, 0.25) is 0 Å². The number of hydrogen-bond acceptors (Lipinski definition) is 1. The Hall–Kier alpha value is -0.340. The fourth-order valence-corrected chi connectivity index (χ4v) is 2.27. The fraction of sp³-hybridized carbons (Fsp3) is 0.600. The Morgan fingerprint density at radius 2 is 1.82 bits per heavy atom. The molecule has 1 unspecified atom stereocenters. The van der Waals surface area contributed by atoms with E-state index in [1.165, 1.54) is 5.56 Å². The molecular formula is C15H23BrO. The summed E-state index contributed by atoms with van der Waals surface area (Å²) in [6.45, 7) is 7.15. The Morgan fingerprint density at radius 3 is 2.35 bits per heavy atom. The lowest BCUT2D eigenvalue weighted by atomic mass is 9.98. The third-order valence-corrected chi connectivity index (χ3v) is 3.56. The van der Waals surface area contributed by atoms with E-state index in [0.29, 0.717) is 5.92 Å². The van der Waals surface area contributed by atoms with Gasteiger partial charge in [0.1, 0.15) is 0 Å². The smallest absolute Gasteiger partial charge is 0.0598 e. The molecule has 2 heteroatoms. The number of ether oxygens (including phenoxy) is 1. The molecule has 1 nitrogen and oxygen atoms in total. The van der Waals surface area contributed by atoms with Gasteiger partial charge in [-0.1, -0.05) is 46.3 Å². The van der Waals surface area contributed by atoms with Gasteiger partial charge in [-0.05, 0) is 45.1 Å². The van der Waals surface area contributed by atoms with Crippen molar-refractivity contribution in [1.82, 2.24) is 0 Å². The molecule has 0 heterocycles. The van der Waals surface area contributed by atoms with Crippen molar-refractivity contribution in [1.29, 1.82) is 0 Å². The molecule has 96 valence electrons. The Labute approximate surface area is 114 Å². The second-order valence-corrected chi connectivity index (χ2v) is 6.11. The minimum atomic E-state index is -0.0242. The van der Waals surface area contributed by atoms with Gasteiger partial charge in [0.15, 0.2) is 0 Å². The number of benzene rings is 1. The summed E-state index contributed by atoms with van der Waals surface area (Å²) in [5, 5.41) is 1.04. The quantitative estimate of drug-likeness (QED) is 0.705. The zero-order valence-electron chi connectivity index (χ0n) is 11.1. The largest absolute Gasteiger partial charge is 0.376 e. The van der Waals surface area contributed by atoms with Crippen LogP contribution in [0, 0.1) is 5.92 Å². The monoisotopic (exact) mass is 298 g/mol. The topological polar surface area (TPSA) is 9.23 Å². The molecule has 0 bridgehead atoms. The molecule has 0 aliphatic heterocycles. The lowest BCUT2D eigenvalue weighted by Gasteiger charge is -2.21. The molecule has 1 aromatic rings. The van der Waals surface area contributed by atoms with Gasteiger partial charge in [0.2, 0.25) is 0 Å². The normalized spacial score (nSPS) is 13.6. The summed E-state index contributed by atoms with van der Waals surface area (Å²) in [6, 6.07) is 10.7. The van der Waals surface area contributed by atoms with Crippen LogP contribution in [0.15, 0.2) is 30.3 Å². The summed E-state index contributed by atoms with van der Waals surface area (Å²) < 4.78 is 5.78. The predicted octanol–water partition coefficient (Wildman–Crippen LogP) is 4.45. The second kappa shape index (κ2) is 7.17. The number of hydrogen-bond donors (Lipinski definition) is 0. The van der Waals surface area contributed by atoms with Crippen LogP contribution in [-0.4, -0.2) is 17.5 Å². The van der Waals surface area contributed by atoms with E-state index in [1.54, 1.807) is 0 Å². The van der Waals surface area contributed by atoms with Gasteiger partial charge in [-0.15, -0.1) is 0 Å². The van der Waals surface area contributed by atoms with Gasteiger partial charge >= 0.3 is 0 Å². The summed E-state index contributed by atoms with van der Waals surface area (Å²) in [5.74, 6) is 0.653.